The van der Waals surface area contributed by atoms with Crippen LogP contribution in [0.4, 0.5) is 0 Å². The normalized spacial score (nSPS) is 19.6. The van der Waals surface area contributed by atoms with Gasteiger partial charge in [0.2, 0.25) is 0 Å². The van der Waals surface area contributed by atoms with Crippen molar-refractivity contribution in [1.82, 2.24) is 0 Å². The molecule has 0 radical (unpaired) electrons. The minimum Gasteiger partial charge on any atom is -0.488 e. The van der Waals surface area contributed by atoms with E-state index >= 15 is 0 Å². The van der Waals surface area contributed by atoms with Gasteiger partial charge in [0.05, 0.1) is 17.5 Å². The van der Waals surface area contributed by atoms with Crippen molar-refractivity contribution in [1.29, 1.82) is 5.26 Å². The highest BCUT2D eigenvalue weighted by Crippen LogP contribution is 2.29. The SMILES string of the molecule is N#CCc1ccc(OC2CCCSC2)c(Cl)c1. The molecule has 0 saturated carbocycles. The van der Waals surface area contributed by atoms with E-state index < -0.39 is 0 Å². The van der Waals surface area contributed by atoms with Gasteiger partial charge in [-0.25, -0.2) is 0 Å². The second-order valence-electron chi connectivity index (χ2n) is 4.06. The van der Waals surface area contributed by atoms with Gasteiger partial charge < -0.3 is 4.74 Å². The number of ether oxygens (including phenoxy) is 1. The van der Waals surface area contributed by atoms with E-state index in [1.54, 1.807) is 0 Å². The maximum atomic E-state index is 8.61. The highest BCUT2D eigenvalue weighted by molar-refractivity contribution is 7.99. The van der Waals surface area contributed by atoms with E-state index in [0.717, 1.165) is 23.5 Å². The van der Waals surface area contributed by atoms with Gasteiger partial charge in [-0.3, -0.25) is 0 Å². The van der Waals surface area contributed by atoms with E-state index in [1.807, 2.05) is 30.0 Å². The fourth-order valence-electron chi connectivity index (χ4n) is 1.82. The Hall–Kier alpha value is -0.850. The Balaban J connectivity index is 2.03. The number of halogens is 1. The van der Waals surface area contributed by atoms with E-state index in [-0.39, 0.29) is 6.10 Å². The van der Waals surface area contributed by atoms with Gasteiger partial charge in [-0.05, 0) is 36.3 Å². The number of nitrogens with zero attached hydrogens (tertiary/aromatic N) is 1. The van der Waals surface area contributed by atoms with Crippen molar-refractivity contribution in [3.05, 3.63) is 28.8 Å². The van der Waals surface area contributed by atoms with Crippen molar-refractivity contribution in [2.24, 2.45) is 0 Å². The second kappa shape index (κ2) is 6.18. The van der Waals surface area contributed by atoms with E-state index in [2.05, 4.69) is 6.07 Å². The average molecular weight is 268 g/mol. The second-order valence-corrected chi connectivity index (χ2v) is 5.61. The Morgan fingerprint density at radius 3 is 3.06 bits per heavy atom. The van der Waals surface area contributed by atoms with Crippen LogP contribution in [0.1, 0.15) is 18.4 Å². The van der Waals surface area contributed by atoms with Crippen molar-refractivity contribution >= 4 is 23.4 Å². The summed E-state index contributed by atoms with van der Waals surface area (Å²) in [5.41, 5.74) is 0.933. The Morgan fingerprint density at radius 2 is 2.41 bits per heavy atom. The first-order chi connectivity index (χ1) is 8.29. The third-order valence-electron chi connectivity index (χ3n) is 2.69. The molecule has 1 saturated heterocycles. The van der Waals surface area contributed by atoms with Gasteiger partial charge in [0.1, 0.15) is 11.9 Å². The molecule has 17 heavy (non-hydrogen) atoms. The molecule has 0 bridgehead atoms. The monoisotopic (exact) mass is 267 g/mol. The third-order valence-corrected chi connectivity index (χ3v) is 4.17. The molecular weight excluding hydrogens is 254 g/mol. The number of nitriles is 1. The summed E-state index contributed by atoms with van der Waals surface area (Å²) in [6, 6.07) is 7.70. The van der Waals surface area contributed by atoms with Crippen LogP contribution in [0.15, 0.2) is 18.2 Å². The van der Waals surface area contributed by atoms with Crippen LogP contribution in [-0.4, -0.2) is 17.6 Å². The molecule has 1 atom stereocenters. The van der Waals surface area contributed by atoms with Gasteiger partial charge >= 0.3 is 0 Å². The first-order valence-corrected chi connectivity index (χ1v) is 7.22. The molecule has 0 spiro atoms. The van der Waals surface area contributed by atoms with Crippen molar-refractivity contribution < 1.29 is 4.74 Å². The predicted molar refractivity (Wildman–Crippen MR) is 71.7 cm³/mol. The molecule has 4 heteroatoms. The molecule has 0 amide bonds. The van der Waals surface area contributed by atoms with E-state index in [9.17, 15) is 0 Å². The molecule has 2 rings (SSSR count). The molecule has 2 nitrogen and oxygen atoms in total. The van der Waals surface area contributed by atoms with Gasteiger partial charge in [-0.2, -0.15) is 17.0 Å². The van der Waals surface area contributed by atoms with E-state index in [4.69, 9.17) is 21.6 Å². The third kappa shape index (κ3) is 3.55. The smallest absolute Gasteiger partial charge is 0.138 e. The number of rotatable bonds is 3. The van der Waals surface area contributed by atoms with E-state index in [1.165, 1.54) is 12.2 Å². The highest BCUT2D eigenvalue weighted by atomic mass is 35.5. The maximum Gasteiger partial charge on any atom is 0.138 e. The summed E-state index contributed by atoms with van der Waals surface area (Å²) < 4.78 is 5.88. The topological polar surface area (TPSA) is 33.0 Å². The fourth-order valence-corrected chi connectivity index (χ4v) is 3.11. The first-order valence-electron chi connectivity index (χ1n) is 5.69. The fraction of sp³-hybridized carbons (Fsp3) is 0.462. The predicted octanol–water partition coefficient (Wildman–Crippen LogP) is 3.68. The zero-order chi connectivity index (χ0) is 12.1. The van der Waals surface area contributed by atoms with Gasteiger partial charge in [-0.1, -0.05) is 17.7 Å². The van der Waals surface area contributed by atoms with E-state index in [0.29, 0.717) is 11.4 Å². The summed E-state index contributed by atoms with van der Waals surface area (Å²) in [5, 5.41) is 9.22. The molecule has 1 aliphatic rings. The summed E-state index contributed by atoms with van der Waals surface area (Å²) in [7, 11) is 0. The zero-order valence-corrected chi connectivity index (χ0v) is 11.1. The molecule has 0 N–H and O–H groups in total. The molecule has 1 fully saturated rings. The quantitative estimate of drug-likeness (QED) is 0.838. The van der Waals surface area contributed by atoms with Crippen LogP contribution in [-0.2, 0) is 6.42 Å². The Labute approximate surface area is 111 Å². The van der Waals surface area contributed by atoms with Crippen molar-refractivity contribution in [2.45, 2.75) is 25.4 Å². The summed E-state index contributed by atoms with van der Waals surface area (Å²) in [6.07, 6.45) is 2.97. The lowest BCUT2D eigenvalue weighted by molar-refractivity contribution is 0.211. The molecule has 1 aliphatic heterocycles. The first kappa shape index (κ1) is 12.6. The Morgan fingerprint density at radius 1 is 1.53 bits per heavy atom. The standard InChI is InChI=1S/C13H14ClNOS/c14-12-8-10(5-6-15)3-4-13(12)16-11-2-1-7-17-9-11/h3-4,8,11H,1-2,5,7,9H2. The number of hydrogen-bond acceptors (Lipinski definition) is 3. The van der Waals surface area contributed by atoms with Crippen molar-refractivity contribution in [3.8, 4) is 11.8 Å². The summed E-state index contributed by atoms with van der Waals surface area (Å²) in [6.45, 7) is 0. The summed E-state index contributed by atoms with van der Waals surface area (Å²) >= 11 is 8.07. The van der Waals surface area contributed by atoms with Crippen LogP contribution in [0.3, 0.4) is 0 Å². The molecule has 1 unspecified atom stereocenters. The van der Waals surface area contributed by atoms with Crippen molar-refractivity contribution in [3.63, 3.8) is 0 Å². The molecule has 90 valence electrons. The molecule has 0 aromatic heterocycles. The summed E-state index contributed by atoms with van der Waals surface area (Å²) in [4.78, 5) is 0. The zero-order valence-electron chi connectivity index (χ0n) is 9.49. The number of thioether (sulfide) groups is 1. The van der Waals surface area contributed by atoms with Crippen LogP contribution in [0, 0.1) is 11.3 Å². The molecule has 1 aromatic carbocycles. The molecule has 0 aliphatic carbocycles. The van der Waals surface area contributed by atoms with Crippen LogP contribution < -0.4 is 4.74 Å². The highest BCUT2D eigenvalue weighted by Gasteiger charge is 2.16. The maximum absolute atomic E-state index is 8.61. The lowest BCUT2D eigenvalue weighted by Crippen LogP contribution is -2.23. The summed E-state index contributed by atoms with van der Waals surface area (Å²) in [5.74, 6) is 3.01. The molecular formula is C13H14ClNOS. The largest absolute Gasteiger partial charge is 0.488 e. The van der Waals surface area contributed by atoms with Gasteiger partial charge in [0.25, 0.3) is 0 Å². The number of hydrogen-bond donors (Lipinski definition) is 0. The minimum atomic E-state index is 0.271. The minimum absolute atomic E-state index is 0.271. The Bertz CT molecular complexity index is 424. The number of benzene rings is 1. The molecule has 1 heterocycles. The van der Waals surface area contributed by atoms with Gasteiger partial charge in [-0.15, -0.1) is 0 Å². The van der Waals surface area contributed by atoms with Crippen LogP contribution in [0.25, 0.3) is 0 Å². The van der Waals surface area contributed by atoms with Crippen molar-refractivity contribution in [2.75, 3.05) is 11.5 Å². The Kier molecular flexibility index (Phi) is 4.58. The van der Waals surface area contributed by atoms with Crippen LogP contribution in [0.5, 0.6) is 5.75 Å². The molecule has 1 aromatic rings. The van der Waals surface area contributed by atoms with Gasteiger partial charge in [0, 0.05) is 5.75 Å². The van der Waals surface area contributed by atoms with Gasteiger partial charge in [0.15, 0.2) is 0 Å². The van der Waals surface area contributed by atoms with Crippen LogP contribution >= 0.6 is 23.4 Å². The lowest BCUT2D eigenvalue weighted by Gasteiger charge is -2.23. The lowest BCUT2D eigenvalue weighted by atomic mass is 10.1. The average Bonchev–Trinajstić information content (AvgIpc) is 2.34. The van der Waals surface area contributed by atoms with Crippen LogP contribution in [0.2, 0.25) is 5.02 Å².